The molecule has 1 atom stereocenters. The zero-order valence-electron chi connectivity index (χ0n) is 21.2. The normalized spacial score (nSPS) is 16.8. The fourth-order valence-electron chi connectivity index (χ4n) is 5.53. The van der Waals surface area contributed by atoms with E-state index in [1.807, 2.05) is 18.2 Å². The molecule has 0 N–H and O–H groups in total. The molecule has 1 saturated carbocycles. The van der Waals surface area contributed by atoms with Crippen molar-refractivity contribution in [2.75, 3.05) is 0 Å². The van der Waals surface area contributed by atoms with Crippen molar-refractivity contribution in [1.82, 2.24) is 20.3 Å². The summed E-state index contributed by atoms with van der Waals surface area (Å²) in [5.41, 5.74) is 3.80. The van der Waals surface area contributed by atoms with Crippen LogP contribution in [0.3, 0.4) is 0 Å². The molecule has 0 spiro atoms. The van der Waals surface area contributed by atoms with Crippen molar-refractivity contribution in [3.05, 3.63) is 82.2 Å². The van der Waals surface area contributed by atoms with Gasteiger partial charge in [0.2, 0.25) is 11.7 Å². The van der Waals surface area contributed by atoms with Gasteiger partial charge in [-0.3, -0.25) is 9.59 Å². The van der Waals surface area contributed by atoms with Crippen LogP contribution in [0.2, 0.25) is 5.02 Å². The van der Waals surface area contributed by atoms with E-state index in [-0.39, 0.29) is 53.8 Å². The number of halogens is 2. The summed E-state index contributed by atoms with van der Waals surface area (Å²) in [6.07, 6.45) is 6.72. The maximum atomic E-state index is 15.0. The summed E-state index contributed by atoms with van der Waals surface area (Å²) < 4.78 is 20.1. The summed E-state index contributed by atoms with van der Waals surface area (Å²) in [7, 11) is 0. The van der Waals surface area contributed by atoms with Crippen LogP contribution >= 0.6 is 25.1 Å². The van der Waals surface area contributed by atoms with Gasteiger partial charge in [0.15, 0.2) is 5.78 Å². The number of carbonyl (C=O) groups excluding carboxylic acids is 2. The highest BCUT2D eigenvalue weighted by Gasteiger charge is 2.51. The Kier molecular flexibility index (Phi) is 7.39. The van der Waals surface area contributed by atoms with Gasteiger partial charge in [-0.2, -0.15) is 28.7 Å². The number of hydrogen-bond acceptors (Lipinski definition) is 7. The topological polar surface area (TPSA) is 98.8 Å². The largest absolute Gasteiger partial charge is 0.339 e. The van der Waals surface area contributed by atoms with Crippen LogP contribution in [-0.2, 0) is 11.2 Å². The molecule has 0 bridgehead atoms. The smallest absolute Gasteiger partial charge is 0.223 e. The summed E-state index contributed by atoms with van der Waals surface area (Å²) >= 11 is 6.21. The predicted molar refractivity (Wildman–Crippen MR) is 149 cm³/mol. The quantitative estimate of drug-likeness (QED) is 0.227. The molecule has 0 radical (unpaired) electrons. The number of nitrogens with zero attached hydrogens (tertiary/aromatic N) is 4. The molecule has 2 aromatic heterocycles. The molecule has 0 amide bonds. The number of rotatable bonds is 8. The lowest BCUT2D eigenvalue weighted by molar-refractivity contribution is -0.124. The minimum atomic E-state index is -0.557. The molecular formula is C29H26ClFN4O3S. The van der Waals surface area contributed by atoms with Crippen molar-refractivity contribution >= 4 is 36.7 Å². The van der Waals surface area contributed by atoms with Crippen LogP contribution in [-0.4, -0.2) is 31.9 Å². The molecule has 0 aliphatic heterocycles. The van der Waals surface area contributed by atoms with Gasteiger partial charge < -0.3 is 4.52 Å². The molecule has 6 rings (SSSR count). The second-order valence-electron chi connectivity index (χ2n) is 10.2. The molecule has 2 aromatic carbocycles. The molecule has 2 aliphatic rings. The highest BCUT2D eigenvalue weighted by Crippen LogP contribution is 2.53. The van der Waals surface area contributed by atoms with Crippen LogP contribution < -0.4 is 0 Å². The van der Waals surface area contributed by atoms with Crippen LogP contribution in [0, 0.1) is 18.2 Å². The Morgan fingerprint density at radius 1 is 1.15 bits per heavy atom. The van der Waals surface area contributed by atoms with E-state index in [1.54, 1.807) is 19.1 Å². The average Bonchev–Trinajstić information content (AvgIpc) is 3.40. The number of aromatic nitrogens is 4. The molecular weight excluding hydrogens is 539 g/mol. The Morgan fingerprint density at radius 3 is 2.67 bits per heavy atom. The fraction of sp³-hybridized carbons (Fsp3) is 0.310. The minimum Gasteiger partial charge on any atom is -0.339 e. The van der Waals surface area contributed by atoms with Gasteiger partial charge in [0.05, 0.1) is 18.0 Å². The van der Waals surface area contributed by atoms with E-state index in [0.29, 0.717) is 23.4 Å². The van der Waals surface area contributed by atoms with Gasteiger partial charge in [-0.05, 0) is 72.1 Å². The lowest BCUT2D eigenvalue weighted by Crippen LogP contribution is -2.22. The molecule has 1 fully saturated rings. The third-order valence-corrected chi connectivity index (χ3v) is 7.96. The molecule has 0 unspecified atom stereocenters. The molecule has 10 heteroatoms. The zero-order chi connectivity index (χ0) is 26.4. The number of fused-ring (bicyclic) bond motifs is 1. The zero-order valence-corrected chi connectivity index (χ0v) is 23.0. The summed E-state index contributed by atoms with van der Waals surface area (Å²) in [6.45, 7) is 1.65. The standard InChI is InChI=1S/C29H24ClFN4O3.H2S/c1-16-34-28(35-38-16)27-23(12-21(30)13-24(27)31)18-4-5-22-17(10-18)2-3-19(22)11-26(37)29(7-8-29)14-25(36)20-6-9-32-33-15-20;/h4-6,9-10,12-13,15,19H,2-3,7-8,11,14H2,1H3;1H2/t19-;/m1./s1. The van der Waals surface area contributed by atoms with Crippen molar-refractivity contribution in [2.45, 2.75) is 51.4 Å². The van der Waals surface area contributed by atoms with E-state index in [2.05, 4.69) is 20.3 Å². The number of benzene rings is 2. The van der Waals surface area contributed by atoms with E-state index in [1.165, 1.54) is 18.5 Å². The summed E-state index contributed by atoms with van der Waals surface area (Å²) in [5.74, 6) is 0.170. The van der Waals surface area contributed by atoms with Crippen LogP contribution in [0.1, 0.15) is 65.4 Å². The lowest BCUT2D eigenvalue weighted by atomic mass is 9.85. The number of ketones is 2. The third kappa shape index (κ3) is 5.25. The first-order valence-corrected chi connectivity index (χ1v) is 13.0. The second kappa shape index (κ2) is 10.6. The van der Waals surface area contributed by atoms with E-state index >= 15 is 4.39 Å². The highest BCUT2D eigenvalue weighted by molar-refractivity contribution is 7.59. The Balaban J connectivity index is 0.00000308. The third-order valence-electron chi connectivity index (χ3n) is 7.74. The number of Topliss-reactive ketones (excluding diaryl/α,β-unsaturated/α-hetero) is 2. The van der Waals surface area contributed by atoms with Crippen molar-refractivity contribution < 1.29 is 18.5 Å². The van der Waals surface area contributed by atoms with E-state index < -0.39 is 11.2 Å². The summed E-state index contributed by atoms with van der Waals surface area (Å²) in [6, 6.07) is 10.6. The first-order chi connectivity index (χ1) is 18.3. The highest BCUT2D eigenvalue weighted by atomic mass is 35.5. The number of aryl methyl sites for hydroxylation is 2. The first-order valence-electron chi connectivity index (χ1n) is 12.6. The van der Waals surface area contributed by atoms with Crippen molar-refractivity contribution in [2.24, 2.45) is 5.41 Å². The Hall–Kier alpha value is -3.43. The Labute approximate surface area is 236 Å². The van der Waals surface area contributed by atoms with E-state index in [9.17, 15) is 9.59 Å². The molecule has 2 aliphatic carbocycles. The summed E-state index contributed by atoms with van der Waals surface area (Å²) in [5, 5.41) is 11.7. The van der Waals surface area contributed by atoms with Crippen molar-refractivity contribution in [3.63, 3.8) is 0 Å². The monoisotopic (exact) mass is 564 g/mol. The van der Waals surface area contributed by atoms with Crippen molar-refractivity contribution in [3.8, 4) is 22.5 Å². The van der Waals surface area contributed by atoms with Gasteiger partial charge in [0.1, 0.15) is 11.6 Å². The van der Waals surface area contributed by atoms with Gasteiger partial charge >= 0.3 is 0 Å². The Morgan fingerprint density at radius 2 is 1.97 bits per heavy atom. The predicted octanol–water partition coefficient (Wildman–Crippen LogP) is 6.45. The van der Waals surface area contributed by atoms with Gasteiger partial charge in [-0.1, -0.05) is 35.0 Å². The van der Waals surface area contributed by atoms with E-state index in [0.717, 1.165) is 42.4 Å². The molecule has 4 aromatic rings. The van der Waals surface area contributed by atoms with Crippen molar-refractivity contribution in [1.29, 1.82) is 0 Å². The Bertz CT molecular complexity index is 1570. The van der Waals surface area contributed by atoms with Crippen LogP contribution in [0.25, 0.3) is 22.5 Å². The van der Waals surface area contributed by atoms with Crippen LogP contribution in [0.5, 0.6) is 0 Å². The van der Waals surface area contributed by atoms with Gasteiger partial charge in [0.25, 0.3) is 0 Å². The maximum Gasteiger partial charge on any atom is 0.223 e. The fourth-order valence-corrected chi connectivity index (χ4v) is 5.73. The number of carbonyl (C=O) groups is 2. The molecule has 2 heterocycles. The second-order valence-corrected chi connectivity index (χ2v) is 10.7. The summed E-state index contributed by atoms with van der Waals surface area (Å²) in [4.78, 5) is 30.3. The molecule has 200 valence electrons. The molecule has 39 heavy (non-hydrogen) atoms. The van der Waals surface area contributed by atoms with Gasteiger partial charge in [-0.15, -0.1) is 0 Å². The van der Waals surface area contributed by atoms with Crippen LogP contribution in [0.4, 0.5) is 4.39 Å². The van der Waals surface area contributed by atoms with Gasteiger partial charge in [0, 0.05) is 35.8 Å². The minimum absolute atomic E-state index is 0. The SMILES string of the molecule is Cc1nc(-c2c(F)cc(Cl)cc2-c2ccc3c(c2)CC[C@@H]3CC(=O)C2(CC(=O)c3ccnnc3)CC2)no1.S. The van der Waals surface area contributed by atoms with Gasteiger partial charge in [-0.25, -0.2) is 4.39 Å². The molecule has 0 saturated heterocycles. The maximum absolute atomic E-state index is 15.0. The molecule has 7 nitrogen and oxygen atoms in total. The lowest BCUT2D eigenvalue weighted by Gasteiger charge is -2.17. The number of hydrogen-bond donors (Lipinski definition) is 0. The van der Waals surface area contributed by atoms with E-state index in [4.69, 9.17) is 16.1 Å². The average molecular weight is 565 g/mol. The van der Waals surface area contributed by atoms with Crippen LogP contribution in [0.15, 0.2) is 53.3 Å². The first kappa shape index (κ1) is 27.1.